The van der Waals surface area contributed by atoms with Gasteiger partial charge in [-0.15, -0.1) is 0 Å². The number of esters is 1. The number of allylic oxidation sites excluding steroid dienone is 1. The van der Waals surface area contributed by atoms with Crippen LogP contribution >= 0.6 is 0 Å². The summed E-state index contributed by atoms with van der Waals surface area (Å²) in [5.74, 6) is -0.403. The molecule has 2 rings (SSSR count). The summed E-state index contributed by atoms with van der Waals surface area (Å²) in [7, 11) is 0. The number of ether oxygens (including phenoxy) is 1. The number of fused-ring (bicyclic) bond motifs is 1. The van der Waals surface area contributed by atoms with Crippen LogP contribution in [0.25, 0.3) is 0 Å². The van der Waals surface area contributed by atoms with Crippen LogP contribution in [0.4, 0.5) is 0 Å². The van der Waals surface area contributed by atoms with Gasteiger partial charge < -0.3 is 14.9 Å². The fourth-order valence-corrected chi connectivity index (χ4v) is 2.62. The highest BCUT2D eigenvalue weighted by molar-refractivity contribution is 5.91. The number of aliphatic hydroxyl groups excluding tert-OH is 2. The van der Waals surface area contributed by atoms with Crippen molar-refractivity contribution in [3.05, 3.63) is 35.5 Å². The number of carbonyl (C=O) groups excluding carboxylic acids is 1. The Kier molecular flexibility index (Phi) is 4.56. The summed E-state index contributed by atoms with van der Waals surface area (Å²) in [6, 6.07) is 0. The molecular formula is C15H20O4. The van der Waals surface area contributed by atoms with E-state index in [1.54, 1.807) is 0 Å². The van der Waals surface area contributed by atoms with Gasteiger partial charge in [-0.05, 0) is 42.9 Å². The number of carbonyl (C=O) groups is 1. The summed E-state index contributed by atoms with van der Waals surface area (Å²) in [6.45, 7) is 3.81. The van der Waals surface area contributed by atoms with E-state index in [0.717, 1.165) is 30.4 Å². The summed E-state index contributed by atoms with van der Waals surface area (Å²) in [5.41, 5.74) is 2.34. The molecule has 0 spiro atoms. The first-order valence-electron chi connectivity index (χ1n) is 6.64. The maximum absolute atomic E-state index is 11.6. The number of hydrogen-bond acceptors (Lipinski definition) is 4. The van der Waals surface area contributed by atoms with Gasteiger partial charge in [0.15, 0.2) is 0 Å². The first kappa shape index (κ1) is 14.0. The zero-order valence-corrected chi connectivity index (χ0v) is 11.0. The van der Waals surface area contributed by atoms with Gasteiger partial charge in [-0.3, -0.25) is 0 Å². The van der Waals surface area contributed by atoms with Crippen LogP contribution in [-0.2, 0) is 9.53 Å². The maximum Gasteiger partial charge on any atom is 0.334 e. The second-order valence-electron chi connectivity index (χ2n) is 5.08. The summed E-state index contributed by atoms with van der Waals surface area (Å²) >= 11 is 0. The first-order valence-corrected chi connectivity index (χ1v) is 6.64. The molecule has 1 heterocycles. The van der Waals surface area contributed by atoms with E-state index in [2.05, 4.69) is 6.58 Å². The van der Waals surface area contributed by atoms with Gasteiger partial charge in [0.25, 0.3) is 0 Å². The Bertz CT molecular complexity index is 433. The topological polar surface area (TPSA) is 66.8 Å². The molecule has 4 heteroatoms. The summed E-state index contributed by atoms with van der Waals surface area (Å²) in [4.78, 5) is 11.6. The van der Waals surface area contributed by atoms with E-state index in [-0.39, 0.29) is 31.2 Å². The van der Waals surface area contributed by atoms with E-state index in [1.165, 1.54) is 0 Å². The van der Waals surface area contributed by atoms with Gasteiger partial charge in [-0.25, -0.2) is 4.79 Å². The zero-order valence-electron chi connectivity index (χ0n) is 11.0. The predicted molar refractivity (Wildman–Crippen MR) is 71.3 cm³/mol. The molecule has 4 nitrogen and oxygen atoms in total. The van der Waals surface area contributed by atoms with E-state index < -0.39 is 0 Å². The van der Waals surface area contributed by atoms with Crippen LogP contribution in [0.1, 0.15) is 25.7 Å². The van der Waals surface area contributed by atoms with Crippen molar-refractivity contribution in [3.8, 4) is 0 Å². The van der Waals surface area contributed by atoms with Crippen molar-refractivity contribution in [2.45, 2.75) is 31.8 Å². The Hall–Kier alpha value is -1.39. The molecule has 0 unspecified atom stereocenters. The van der Waals surface area contributed by atoms with E-state index in [0.29, 0.717) is 12.0 Å². The number of rotatable bonds is 2. The van der Waals surface area contributed by atoms with Crippen molar-refractivity contribution in [2.75, 3.05) is 13.2 Å². The highest BCUT2D eigenvalue weighted by Crippen LogP contribution is 2.34. The van der Waals surface area contributed by atoms with Crippen LogP contribution in [-0.4, -0.2) is 35.5 Å². The van der Waals surface area contributed by atoms with Crippen LogP contribution in [0.5, 0.6) is 0 Å². The first-order chi connectivity index (χ1) is 9.15. The third kappa shape index (κ3) is 3.14. The second-order valence-corrected chi connectivity index (χ2v) is 5.08. The lowest BCUT2D eigenvalue weighted by atomic mass is 9.88. The van der Waals surface area contributed by atoms with E-state index in [1.807, 2.05) is 12.2 Å². The molecular weight excluding hydrogens is 244 g/mol. The second kappa shape index (κ2) is 6.17. The van der Waals surface area contributed by atoms with Gasteiger partial charge >= 0.3 is 5.97 Å². The van der Waals surface area contributed by atoms with Crippen LogP contribution in [0.2, 0.25) is 0 Å². The minimum atomic E-state index is -0.350. The Morgan fingerprint density at radius 3 is 2.68 bits per heavy atom. The molecule has 2 N–H and O–H groups in total. The molecule has 0 aromatic carbocycles. The number of hydrogen-bond donors (Lipinski definition) is 2. The molecule has 0 amide bonds. The lowest BCUT2D eigenvalue weighted by Crippen LogP contribution is -2.16. The molecule has 1 fully saturated rings. The van der Waals surface area contributed by atoms with Gasteiger partial charge in [-0.1, -0.05) is 12.7 Å². The minimum absolute atomic E-state index is 0.0322. The molecule has 1 aliphatic carbocycles. The van der Waals surface area contributed by atoms with E-state index >= 15 is 0 Å². The summed E-state index contributed by atoms with van der Waals surface area (Å²) in [6.07, 6.45) is 6.54. The van der Waals surface area contributed by atoms with E-state index in [4.69, 9.17) is 4.74 Å². The molecule has 0 bridgehead atoms. The fraction of sp³-hybridized carbons (Fsp3) is 0.533. The number of aliphatic hydroxyl groups is 2. The average molecular weight is 264 g/mol. The minimum Gasteiger partial charge on any atom is -0.454 e. The fourth-order valence-electron chi connectivity index (χ4n) is 2.62. The highest BCUT2D eigenvalue weighted by Gasteiger charge is 2.37. The molecule has 104 valence electrons. The standard InChI is InChI=1S/C15H20O4/c1-10-13-6-5-11(8-16)3-2-4-12(9-17)7-14(13)19-15(10)18/h3,7,13-14,16-17H,1-2,4-6,8-9H2/b11-3+,12-7+/t13-,14+/m0/s1. The Morgan fingerprint density at radius 1 is 1.26 bits per heavy atom. The van der Waals surface area contributed by atoms with Gasteiger partial charge in [-0.2, -0.15) is 0 Å². The maximum atomic E-state index is 11.6. The van der Waals surface area contributed by atoms with Crippen molar-refractivity contribution in [1.82, 2.24) is 0 Å². The molecule has 0 radical (unpaired) electrons. The monoisotopic (exact) mass is 264 g/mol. The predicted octanol–water partition coefficient (Wildman–Crippen LogP) is 1.50. The van der Waals surface area contributed by atoms with Crippen molar-refractivity contribution in [1.29, 1.82) is 0 Å². The van der Waals surface area contributed by atoms with Crippen molar-refractivity contribution < 1.29 is 19.7 Å². The van der Waals surface area contributed by atoms with Crippen LogP contribution in [0, 0.1) is 5.92 Å². The molecule has 2 atom stereocenters. The highest BCUT2D eigenvalue weighted by atomic mass is 16.5. The average Bonchev–Trinajstić information content (AvgIpc) is 2.68. The molecule has 2 aliphatic rings. The molecule has 1 aliphatic heterocycles. The largest absolute Gasteiger partial charge is 0.454 e. The van der Waals surface area contributed by atoms with Crippen molar-refractivity contribution in [3.63, 3.8) is 0 Å². The molecule has 0 aromatic heterocycles. The quantitative estimate of drug-likeness (QED) is 0.450. The Balaban J connectivity index is 2.25. The van der Waals surface area contributed by atoms with Crippen molar-refractivity contribution >= 4 is 5.97 Å². The van der Waals surface area contributed by atoms with Gasteiger partial charge in [0.05, 0.1) is 13.2 Å². The summed E-state index contributed by atoms with van der Waals surface area (Å²) in [5, 5.41) is 18.6. The molecule has 0 saturated carbocycles. The van der Waals surface area contributed by atoms with Crippen molar-refractivity contribution in [2.24, 2.45) is 5.92 Å². The van der Waals surface area contributed by atoms with Crippen LogP contribution in [0.3, 0.4) is 0 Å². The van der Waals surface area contributed by atoms with E-state index in [9.17, 15) is 15.0 Å². The third-order valence-corrected chi connectivity index (χ3v) is 3.83. The third-order valence-electron chi connectivity index (χ3n) is 3.83. The van der Waals surface area contributed by atoms with Crippen LogP contribution < -0.4 is 0 Å². The summed E-state index contributed by atoms with van der Waals surface area (Å²) < 4.78 is 5.30. The Labute approximate surface area is 113 Å². The van der Waals surface area contributed by atoms with Gasteiger partial charge in [0.1, 0.15) is 6.10 Å². The zero-order chi connectivity index (χ0) is 13.8. The smallest absolute Gasteiger partial charge is 0.334 e. The van der Waals surface area contributed by atoms with Gasteiger partial charge in [0, 0.05) is 11.5 Å². The Morgan fingerprint density at radius 2 is 2.00 bits per heavy atom. The lowest BCUT2D eigenvalue weighted by molar-refractivity contribution is -0.137. The molecule has 0 aromatic rings. The van der Waals surface area contributed by atoms with Gasteiger partial charge in [0.2, 0.25) is 0 Å². The lowest BCUT2D eigenvalue weighted by Gasteiger charge is -2.18. The normalized spacial score (nSPS) is 33.8. The molecule has 19 heavy (non-hydrogen) atoms. The SMILES string of the molecule is C=C1C(=O)O[C@@H]2/C=C(/CO)CC/C=C(/CO)CC[C@@H]12. The van der Waals surface area contributed by atoms with Crippen LogP contribution in [0.15, 0.2) is 35.5 Å². The molecule has 1 saturated heterocycles.